The number of aromatic nitrogens is 2. The molecule has 2 N–H and O–H groups in total. The summed E-state index contributed by atoms with van der Waals surface area (Å²) in [5.41, 5.74) is 0. The lowest BCUT2D eigenvalue weighted by Crippen LogP contribution is -2.42. The molecule has 9 heteroatoms. The quantitative estimate of drug-likeness (QED) is 0.401. The van der Waals surface area contributed by atoms with E-state index >= 15 is 0 Å². The number of aliphatic carboxylic acids is 1. The van der Waals surface area contributed by atoms with Gasteiger partial charge in [-0.2, -0.15) is 4.68 Å². The molecule has 9 nitrogen and oxygen atoms in total. The number of carboxylic acid groups (broad SMARTS) is 1. The number of nitrogens with zero attached hydrogens (tertiary/aromatic N) is 3. The maximum absolute atomic E-state index is 11.5. The van der Waals surface area contributed by atoms with Gasteiger partial charge in [0.2, 0.25) is 5.91 Å². The maximum atomic E-state index is 11.5. The first-order valence-electron chi connectivity index (χ1n) is 5.07. The molecule has 0 aliphatic carbocycles. The number of carboxylic acids is 1. The zero-order valence-electron chi connectivity index (χ0n) is 9.65. The molecule has 1 aromatic heterocycles. The van der Waals surface area contributed by atoms with E-state index in [-0.39, 0.29) is 13.0 Å². The second kappa shape index (κ2) is 6.15. The molecule has 0 bridgehead atoms. The normalized spacial score (nSPS) is 11.3. The highest BCUT2D eigenvalue weighted by Crippen LogP contribution is 2.04. The van der Waals surface area contributed by atoms with Crippen molar-refractivity contribution in [1.82, 2.24) is 15.1 Å². The number of terminal acetylenes is 1. The smallest absolute Gasteiger partial charge is 0.389 e. The molecule has 1 unspecified atom stereocenters. The highest BCUT2D eigenvalue weighted by molar-refractivity contribution is 5.83. The Morgan fingerprint density at radius 3 is 2.84 bits per heavy atom. The highest BCUT2D eigenvalue weighted by Gasteiger charge is 2.20. The van der Waals surface area contributed by atoms with Crippen molar-refractivity contribution in [3.05, 3.63) is 22.4 Å². The Labute approximate surface area is 107 Å². The van der Waals surface area contributed by atoms with E-state index in [9.17, 15) is 19.7 Å². The van der Waals surface area contributed by atoms with E-state index in [1.54, 1.807) is 0 Å². The van der Waals surface area contributed by atoms with E-state index in [1.165, 1.54) is 6.20 Å². The third-order valence-electron chi connectivity index (χ3n) is 2.07. The Bertz CT molecular complexity index is 544. The van der Waals surface area contributed by atoms with Crippen molar-refractivity contribution in [2.45, 2.75) is 19.0 Å². The number of nitro groups is 1. The second-order valence-corrected chi connectivity index (χ2v) is 3.50. The Hall–Kier alpha value is -2.89. The van der Waals surface area contributed by atoms with E-state index in [4.69, 9.17) is 11.5 Å². The third kappa shape index (κ3) is 4.12. The second-order valence-electron chi connectivity index (χ2n) is 3.50. The molecule has 19 heavy (non-hydrogen) atoms. The molecule has 0 radical (unpaired) electrons. The van der Waals surface area contributed by atoms with Crippen LogP contribution >= 0.6 is 0 Å². The summed E-state index contributed by atoms with van der Waals surface area (Å²) < 4.78 is 1.03. The molecule has 1 heterocycles. The van der Waals surface area contributed by atoms with Gasteiger partial charge in [-0.1, -0.05) is 0 Å². The van der Waals surface area contributed by atoms with E-state index < -0.39 is 28.7 Å². The van der Waals surface area contributed by atoms with Crippen LogP contribution in [-0.4, -0.2) is 37.7 Å². The van der Waals surface area contributed by atoms with Gasteiger partial charge in [-0.25, -0.2) is 4.79 Å². The summed E-state index contributed by atoms with van der Waals surface area (Å²) in [6.45, 7) is -0.331. The number of hydrogen-bond donors (Lipinski definition) is 2. The van der Waals surface area contributed by atoms with Crippen molar-refractivity contribution in [2.24, 2.45) is 0 Å². The van der Waals surface area contributed by atoms with Gasteiger partial charge in [0, 0.05) is 6.42 Å². The summed E-state index contributed by atoms with van der Waals surface area (Å²) >= 11 is 0. The fourth-order valence-corrected chi connectivity index (χ4v) is 1.24. The first-order valence-corrected chi connectivity index (χ1v) is 5.07. The molecule has 1 rings (SSSR count). The van der Waals surface area contributed by atoms with Crippen LogP contribution in [0.15, 0.2) is 12.3 Å². The monoisotopic (exact) mass is 266 g/mol. The van der Waals surface area contributed by atoms with Gasteiger partial charge in [0.05, 0.1) is 17.4 Å². The molecule has 0 saturated heterocycles. The molecule has 0 saturated carbocycles. The number of hydrogen-bond acceptors (Lipinski definition) is 5. The molecular weight excluding hydrogens is 256 g/mol. The Morgan fingerprint density at radius 2 is 2.37 bits per heavy atom. The fourth-order valence-electron chi connectivity index (χ4n) is 1.24. The van der Waals surface area contributed by atoms with Crippen molar-refractivity contribution in [2.75, 3.05) is 0 Å². The van der Waals surface area contributed by atoms with Gasteiger partial charge in [-0.05, 0) is 4.92 Å². The van der Waals surface area contributed by atoms with Crippen LogP contribution in [0.25, 0.3) is 0 Å². The van der Waals surface area contributed by atoms with Crippen molar-refractivity contribution < 1.29 is 19.6 Å². The molecule has 1 atom stereocenters. The zero-order valence-corrected chi connectivity index (χ0v) is 9.65. The van der Waals surface area contributed by atoms with E-state index in [0.717, 1.165) is 10.7 Å². The van der Waals surface area contributed by atoms with Crippen molar-refractivity contribution in [3.8, 4) is 12.3 Å². The summed E-state index contributed by atoms with van der Waals surface area (Å²) in [6, 6.07) is -0.0633. The van der Waals surface area contributed by atoms with E-state index in [0.29, 0.717) is 0 Å². The fraction of sp³-hybridized carbons (Fsp3) is 0.300. The van der Waals surface area contributed by atoms with Gasteiger partial charge in [-0.15, -0.1) is 12.3 Å². The molecule has 1 amide bonds. The predicted octanol–water partition coefficient (Wildman–Crippen LogP) is -0.616. The molecule has 0 spiro atoms. The van der Waals surface area contributed by atoms with Crippen LogP contribution in [-0.2, 0) is 16.1 Å². The minimum absolute atomic E-state index is 0.152. The highest BCUT2D eigenvalue weighted by atomic mass is 16.6. The van der Waals surface area contributed by atoms with Gasteiger partial charge in [0.25, 0.3) is 0 Å². The van der Waals surface area contributed by atoms with Crippen molar-refractivity contribution in [1.29, 1.82) is 0 Å². The van der Waals surface area contributed by atoms with E-state index in [2.05, 4.69) is 16.3 Å². The average Bonchev–Trinajstić information content (AvgIpc) is 2.76. The summed E-state index contributed by atoms with van der Waals surface area (Å²) in [4.78, 5) is 31.9. The van der Waals surface area contributed by atoms with Gasteiger partial charge in [-0.3, -0.25) is 4.79 Å². The van der Waals surface area contributed by atoms with Crippen LogP contribution in [0.2, 0.25) is 0 Å². The SMILES string of the molecule is C#CCC(NC(=O)Cn1ccc([N+](=O)[O-])n1)C(=O)O. The molecule has 0 aromatic carbocycles. The topological polar surface area (TPSA) is 127 Å². The average molecular weight is 266 g/mol. The maximum Gasteiger partial charge on any atom is 0.389 e. The number of carbonyl (C=O) groups excluding carboxylic acids is 1. The van der Waals surface area contributed by atoms with Gasteiger partial charge in [0.1, 0.15) is 12.6 Å². The zero-order chi connectivity index (χ0) is 14.4. The lowest BCUT2D eigenvalue weighted by atomic mass is 10.2. The van der Waals surface area contributed by atoms with Crippen molar-refractivity contribution in [3.63, 3.8) is 0 Å². The minimum atomic E-state index is -1.25. The lowest BCUT2D eigenvalue weighted by molar-refractivity contribution is -0.389. The predicted molar refractivity (Wildman–Crippen MR) is 61.9 cm³/mol. The van der Waals surface area contributed by atoms with Gasteiger partial charge >= 0.3 is 11.8 Å². The first kappa shape index (κ1) is 14.2. The number of amides is 1. The third-order valence-corrected chi connectivity index (χ3v) is 2.07. The lowest BCUT2D eigenvalue weighted by Gasteiger charge is -2.10. The first-order chi connectivity index (χ1) is 8.93. The summed E-state index contributed by atoms with van der Waals surface area (Å²) in [7, 11) is 0. The molecule has 0 fully saturated rings. The molecule has 0 aliphatic rings. The summed E-state index contributed by atoms with van der Waals surface area (Å²) in [5, 5.41) is 24.9. The van der Waals surface area contributed by atoms with Crippen LogP contribution in [0.3, 0.4) is 0 Å². The van der Waals surface area contributed by atoms with Crippen LogP contribution < -0.4 is 5.32 Å². The number of nitrogens with one attached hydrogen (secondary N) is 1. The van der Waals surface area contributed by atoms with Crippen molar-refractivity contribution >= 4 is 17.7 Å². The molecule has 0 aliphatic heterocycles. The van der Waals surface area contributed by atoms with Crippen LogP contribution in [0.1, 0.15) is 6.42 Å². The van der Waals surface area contributed by atoms with Crippen LogP contribution in [0.5, 0.6) is 0 Å². The van der Waals surface area contributed by atoms with Gasteiger partial charge < -0.3 is 20.5 Å². The summed E-state index contributed by atoms with van der Waals surface area (Å²) in [5.74, 6) is -0.171. The molecule has 1 aromatic rings. The Kier molecular flexibility index (Phi) is 4.59. The minimum Gasteiger partial charge on any atom is -0.480 e. The molecule has 100 valence electrons. The largest absolute Gasteiger partial charge is 0.480 e. The molecular formula is C10H10N4O5. The van der Waals surface area contributed by atoms with E-state index in [1.807, 2.05) is 0 Å². The van der Waals surface area contributed by atoms with Crippen LogP contribution in [0.4, 0.5) is 5.82 Å². The summed E-state index contributed by atoms with van der Waals surface area (Å²) in [6.07, 6.45) is 6.07. The van der Waals surface area contributed by atoms with Crippen LogP contribution in [0, 0.1) is 22.5 Å². The Balaban J connectivity index is 2.61. The number of rotatable bonds is 6. The number of carbonyl (C=O) groups is 2. The Morgan fingerprint density at radius 1 is 1.68 bits per heavy atom. The van der Waals surface area contributed by atoms with Gasteiger partial charge in [0.15, 0.2) is 0 Å². The standard InChI is InChI=1S/C10H10N4O5/c1-2-3-7(10(16)17)11-9(15)6-13-5-4-8(12-13)14(18)19/h1,4-5,7H,3,6H2,(H,11,15)(H,16,17).